The first-order valence-electron chi connectivity index (χ1n) is 6.61. The highest BCUT2D eigenvalue weighted by Crippen LogP contribution is 2.27. The second kappa shape index (κ2) is 9.07. The number of halogens is 1. The monoisotopic (exact) mass is 327 g/mol. The molecule has 1 amide bonds. The van der Waals surface area contributed by atoms with Gasteiger partial charge in [-0.15, -0.1) is 6.58 Å². The number of ether oxygens (including phenoxy) is 2. The van der Waals surface area contributed by atoms with Gasteiger partial charge in [0.2, 0.25) is 0 Å². The summed E-state index contributed by atoms with van der Waals surface area (Å²) in [6, 6.07) is 4.54. The van der Waals surface area contributed by atoms with Crippen LogP contribution in [-0.2, 0) is 14.3 Å². The Kier molecular flexibility index (Phi) is 7.42. The molecule has 0 fully saturated rings. The summed E-state index contributed by atoms with van der Waals surface area (Å²) in [5.74, 6) is -1.17. The third-order valence-electron chi connectivity index (χ3n) is 2.61. The number of carboxylic acid groups (broad SMARTS) is 1. The molecule has 6 nitrogen and oxygen atoms in total. The topological polar surface area (TPSA) is 84.9 Å². The van der Waals surface area contributed by atoms with Crippen molar-refractivity contribution >= 4 is 29.2 Å². The molecule has 1 unspecified atom stereocenters. The van der Waals surface area contributed by atoms with E-state index in [-0.39, 0.29) is 16.7 Å². The minimum Gasteiger partial charge on any atom is -0.480 e. The number of rotatable bonds is 9. The zero-order valence-corrected chi connectivity index (χ0v) is 12.9. The lowest BCUT2D eigenvalue weighted by atomic mass is 10.2. The van der Waals surface area contributed by atoms with E-state index in [2.05, 4.69) is 11.9 Å². The molecule has 2 N–H and O–H groups in total. The molecule has 0 aliphatic carbocycles. The van der Waals surface area contributed by atoms with Gasteiger partial charge in [0.15, 0.2) is 6.61 Å². The highest BCUT2D eigenvalue weighted by Gasteiger charge is 2.14. The maximum absolute atomic E-state index is 11.9. The van der Waals surface area contributed by atoms with Gasteiger partial charge < -0.3 is 19.9 Å². The number of carbonyl (C=O) groups excluding carboxylic acids is 1. The SMILES string of the molecule is C=CCCOC(C)C(=O)Nc1ccc(OCC(=O)O)c(Cl)c1. The number of amides is 1. The normalized spacial score (nSPS) is 11.5. The average molecular weight is 328 g/mol. The van der Waals surface area contributed by atoms with Gasteiger partial charge in [-0.25, -0.2) is 4.79 Å². The van der Waals surface area contributed by atoms with E-state index in [1.165, 1.54) is 12.1 Å². The summed E-state index contributed by atoms with van der Waals surface area (Å²) in [4.78, 5) is 22.3. The van der Waals surface area contributed by atoms with Gasteiger partial charge in [0, 0.05) is 5.69 Å². The smallest absolute Gasteiger partial charge is 0.341 e. The van der Waals surface area contributed by atoms with Gasteiger partial charge in [-0.2, -0.15) is 0 Å². The molecule has 0 aromatic heterocycles. The molecule has 1 aromatic rings. The second-order valence-corrected chi connectivity index (χ2v) is 4.81. The molecule has 0 radical (unpaired) electrons. The predicted octanol–water partition coefficient (Wildman–Crippen LogP) is 2.72. The number of carboxylic acids is 1. The summed E-state index contributed by atoms with van der Waals surface area (Å²) in [5, 5.41) is 11.4. The fourth-order valence-corrected chi connectivity index (χ4v) is 1.72. The van der Waals surface area contributed by atoms with Crippen LogP contribution in [0.2, 0.25) is 5.02 Å². The molecule has 0 bridgehead atoms. The molecule has 1 atom stereocenters. The van der Waals surface area contributed by atoms with E-state index in [0.717, 1.165) is 0 Å². The van der Waals surface area contributed by atoms with Crippen LogP contribution in [0.25, 0.3) is 0 Å². The summed E-state index contributed by atoms with van der Waals surface area (Å²) in [5.41, 5.74) is 0.469. The molecule has 0 aliphatic heterocycles. The lowest BCUT2D eigenvalue weighted by Crippen LogP contribution is -2.28. The van der Waals surface area contributed by atoms with E-state index in [1.807, 2.05) is 0 Å². The molecule has 1 aromatic carbocycles. The Morgan fingerprint density at radius 1 is 1.50 bits per heavy atom. The van der Waals surface area contributed by atoms with Crippen LogP contribution in [0.4, 0.5) is 5.69 Å². The van der Waals surface area contributed by atoms with Gasteiger partial charge in [0.1, 0.15) is 11.9 Å². The zero-order chi connectivity index (χ0) is 16.5. The second-order valence-electron chi connectivity index (χ2n) is 4.41. The Hall–Kier alpha value is -2.05. The lowest BCUT2D eigenvalue weighted by molar-refractivity contribution is -0.139. The van der Waals surface area contributed by atoms with E-state index in [0.29, 0.717) is 18.7 Å². The van der Waals surface area contributed by atoms with Gasteiger partial charge in [0.05, 0.1) is 11.6 Å². The number of nitrogens with one attached hydrogen (secondary N) is 1. The first-order valence-corrected chi connectivity index (χ1v) is 6.99. The molecular weight excluding hydrogens is 310 g/mol. The molecule has 1 rings (SSSR count). The van der Waals surface area contributed by atoms with Crippen molar-refractivity contribution in [3.05, 3.63) is 35.9 Å². The standard InChI is InChI=1S/C15H18ClNO5/c1-3-4-7-21-10(2)15(20)17-11-5-6-13(12(16)8-11)22-9-14(18)19/h3,5-6,8,10H,1,4,7,9H2,2H3,(H,17,20)(H,18,19). The molecular formula is C15H18ClNO5. The molecule has 120 valence electrons. The van der Waals surface area contributed by atoms with Crippen molar-refractivity contribution in [2.75, 3.05) is 18.5 Å². The fraction of sp³-hybridized carbons (Fsp3) is 0.333. The van der Waals surface area contributed by atoms with Crippen LogP contribution in [-0.4, -0.2) is 36.3 Å². The number of anilines is 1. The minimum atomic E-state index is -1.10. The van der Waals surface area contributed by atoms with E-state index in [9.17, 15) is 9.59 Å². The number of aliphatic carboxylic acids is 1. The van der Waals surface area contributed by atoms with Crippen molar-refractivity contribution < 1.29 is 24.2 Å². The van der Waals surface area contributed by atoms with Crippen molar-refractivity contribution in [3.63, 3.8) is 0 Å². The van der Waals surface area contributed by atoms with Crippen LogP contribution in [0, 0.1) is 0 Å². The molecule has 0 spiro atoms. The third-order valence-corrected chi connectivity index (χ3v) is 2.90. The molecule has 0 heterocycles. The quantitative estimate of drug-likeness (QED) is 0.538. The summed E-state index contributed by atoms with van der Waals surface area (Å²) < 4.78 is 10.3. The molecule has 0 saturated carbocycles. The zero-order valence-electron chi connectivity index (χ0n) is 12.2. The van der Waals surface area contributed by atoms with Crippen molar-refractivity contribution in [2.24, 2.45) is 0 Å². The highest BCUT2D eigenvalue weighted by atomic mass is 35.5. The van der Waals surface area contributed by atoms with Gasteiger partial charge in [-0.3, -0.25) is 4.79 Å². The molecule has 0 aliphatic rings. The maximum Gasteiger partial charge on any atom is 0.341 e. The summed E-state index contributed by atoms with van der Waals surface area (Å²) >= 11 is 5.97. The largest absolute Gasteiger partial charge is 0.480 e. The minimum absolute atomic E-state index is 0.208. The Bertz CT molecular complexity index is 547. The van der Waals surface area contributed by atoms with E-state index >= 15 is 0 Å². The van der Waals surface area contributed by atoms with Gasteiger partial charge in [-0.1, -0.05) is 17.7 Å². The third kappa shape index (κ3) is 6.15. The number of hydrogen-bond donors (Lipinski definition) is 2. The van der Waals surface area contributed by atoms with Crippen LogP contribution in [0.3, 0.4) is 0 Å². The van der Waals surface area contributed by atoms with E-state index < -0.39 is 18.7 Å². The van der Waals surface area contributed by atoms with Crippen molar-refractivity contribution in [2.45, 2.75) is 19.4 Å². The summed E-state index contributed by atoms with van der Waals surface area (Å²) in [7, 11) is 0. The van der Waals surface area contributed by atoms with Gasteiger partial charge in [0.25, 0.3) is 5.91 Å². The average Bonchev–Trinajstić information content (AvgIpc) is 2.46. The van der Waals surface area contributed by atoms with E-state index in [4.69, 9.17) is 26.2 Å². The fourth-order valence-electron chi connectivity index (χ4n) is 1.48. The summed E-state index contributed by atoms with van der Waals surface area (Å²) in [6.45, 7) is 5.14. The Labute approximate surface area is 133 Å². The van der Waals surface area contributed by atoms with Gasteiger partial charge in [-0.05, 0) is 31.5 Å². The van der Waals surface area contributed by atoms with Crippen molar-refractivity contribution in [3.8, 4) is 5.75 Å². The molecule has 0 saturated heterocycles. The number of carbonyl (C=O) groups is 2. The predicted molar refractivity (Wildman–Crippen MR) is 83.4 cm³/mol. The van der Waals surface area contributed by atoms with Crippen LogP contribution in [0.5, 0.6) is 5.75 Å². The van der Waals surface area contributed by atoms with Crippen LogP contribution >= 0.6 is 11.6 Å². The maximum atomic E-state index is 11.9. The van der Waals surface area contributed by atoms with Gasteiger partial charge >= 0.3 is 5.97 Å². The molecule has 22 heavy (non-hydrogen) atoms. The van der Waals surface area contributed by atoms with Crippen molar-refractivity contribution in [1.82, 2.24) is 0 Å². The Balaban J connectivity index is 2.58. The van der Waals surface area contributed by atoms with E-state index in [1.54, 1.807) is 19.1 Å². The lowest BCUT2D eigenvalue weighted by Gasteiger charge is -2.13. The highest BCUT2D eigenvalue weighted by molar-refractivity contribution is 6.32. The van der Waals surface area contributed by atoms with Crippen LogP contribution in [0.1, 0.15) is 13.3 Å². The first kappa shape index (κ1) is 18.0. The van der Waals surface area contributed by atoms with Crippen LogP contribution < -0.4 is 10.1 Å². The Morgan fingerprint density at radius 2 is 2.23 bits per heavy atom. The van der Waals surface area contributed by atoms with Crippen molar-refractivity contribution in [1.29, 1.82) is 0 Å². The first-order chi connectivity index (χ1) is 10.4. The number of benzene rings is 1. The number of hydrogen-bond acceptors (Lipinski definition) is 4. The summed E-state index contributed by atoms with van der Waals surface area (Å²) in [6.07, 6.45) is 1.76. The van der Waals surface area contributed by atoms with Crippen LogP contribution in [0.15, 0.2) is 30.9 Å². The molecule has 7 heteroatoms. The Morgan fingerprint density at radius 3 is 2.82 bits per heavy atom.